The van der Waals surface area contributed by atoms with Gasteiger partial charge in [0.15, 0.2) is 0 Å². The molecule has 0 aromatic heterocycles. The molecule has 0 N–H and O–H groups in total. The highest BCUT2D eigenvalue weighted by molar-refractivity contribution is 6.33. The zero-order chi connectivity index (χ0) is 14.3. The zero-order valence-corrected chi connectivity index (χ0v) is 11.9. The number of benzene rings is 1. The van der Waals surface area contributed by atoms with Crippen molar-refractivity contribution in [1.82, 2.24) is 4.90 Å². The van der Waals surface area contributed by atoms with E-state index in [1.54, 1.807) is 31.2 Å². The Morgan fingerprint density at radius 3 is 2.53 bits per heavy atom. The summed E-state index contributed by atoms with van der Waals surface area (Å²) >= 11 is 6.00. The molecule has 4 nitrogen and oxygen atoms in total. The van der Waals surface area contributed by atoms with E-state index in [1.807, 2.05) is 6.92 Å². The average Bonchev–Trinajstić information content (AvgIpc) is 2.38. The van der Waals surface area contributed by atoms with Gasteiger partial charge in [0.05, 0.1) is 17.2 Å². The topological polar surface area (TPSA) is 46.6 Å². The molecule has 0 saturated carbocycles. The summed E-state index contributed by atoms with van der Waals surface area (Å²) in [4.78, 5) is 25.3. The molecule has 1 rings (SSSR count). The van der Waals surface area contributed by atoms with E-state index in [9.17, 15) is 9.59 Å². The first-order valence-corrected chi connectivity index (χ1v) is 6.67. The van der Waals surface area contributed by atoms with Crippen molar-refractivity contribution in [2.24, 2.45) is 0 Å². The first-order valence-electron chi connectivity index (χ1n) is 6.29. The number of carbonyl (C=O) groups is 2. The highest BCUT2D eigenvalue weighted by atomic mass is 35.5. The van der Waals surface area contributed by atoms with Crippen LogP contribution in [0.15, 0.2) is 24.3 Å². The predicted octanol–water partition coefficient (Wildman–Crippen LogP) is 2.76. The fourth-order valence-corrected chi connectivity index (χ4v) is 1.91. The molecule has 0 aliphatic heterocycles. The molecule has 5 heteroatoms. The van der Waals surface area contributed by atoms with Gasteiger partial charge in [0.2, 0.25) is 0 Å². The van der Waals surface area contributed by atoms with Crippen LogP contribution >= 0.6 is 11.6 Å². The highest BCUT2D eigenvalue weighted by Gasteiger charge is 2.20. The summed E-state index contributed by atoms with van der Waals surface area (Å²) in [7, 11) is 0. The second kappa shape index (κ2) is 7.79. The van der Waals surface area contributed by atoms with Crippen LogP contribution in [0.1, 0.15) is 30.6 Å². The van der Waals surface area contributed by atoms with E-state index in [4.69, 9.17) is 16.3 Å². The Morgan fingerprint density at radius 1 is 1.26 bits per heavy atom. The van der Waals surface area contributed by atoms with Crippen LogP contribution in [0.2, 0.25) is 5.02 Å². The largest absolute Gasteiger partial charge is 0.465 e. The van der Waals surface area contributed by atoms with E-state index in [-0.39, 0.29) is 12.5 Å². The van der Waals surface area contributed by atoms with Crippen molar-refractivity contribution < 1.29 is 14.3 Å². The van der Waals surface area contributed by atoms with Crippen LogP contribution in [-0.4, -0.2) is 36.5 Å². The number of esters is 1. The lowest BCUT2D eigenvalue weighted by Crippen LogP contribution is -2.37. The Kier molecular flexibility index (Phi) is 6.36. The Hall–Kier alpha value is -1.55. The Balaban J connectivity index is 2.84. The van der Waals surface area contributed by atoms with Gasteiger partial charge in [-0.1, -0.05) is 30.7 Å². The van der Waals surface area contributed by atoms with E-state index in [1.165, 1.54) is 4.90 Å². The van der Waals surface area contributed by atoms with Crippen LogP contribution in [0.25, 0.3) is 0 Å². The first kappa shape index (κ1) is 15.5. The zero-order valence-electron chi connectivity index (χ0n) is 11.2. The maximum atomic E-state index is 12.3. The van der Waals surface area contributed by atoms with Crippen molar-refractivity contribution in [2.45, 2.75) is 20.3 Å². The summed E-state index contributed by atoms with van der Waals surface area (Å²) in [5.41, 5.74) is 0.405. The fourth-order valence-electron chi connectivity index (χ4n) is 1.69. The van der Waals surface area contributed by atoms with Crippen molar-refractivity contribution in [2.75, 3.05) is 19.7 Å². The van der Waals surface area contributed by atoms with Crippen LogP contribution in [0.4, 0.5) is 0 Å². The number of carbonyl (C=O) groups excluding carboxylic acids is 2. The summed E-state index contributed by atoms with van der Waals surface area (Å²) < 4.78 is 4.87. The molecule has 104 valence electrons. The molecule has 1 amide bonds. The molecule has 0 aliphatic carbocycles. The lowest BCUT2D eigenvalue weighted by molar-refractivity contribution is -0.143. The van der Waals surface area contributed by atoms with Gasteiger partial charge in [-0.3, -0.25) is 9.59 Å². The number of nitrogens with zero attached hydrogens (tertiary/aromatic N) is 1. The van der Waals surface area contributed by atoms with Crippen molar-refractivity contribution >= 4 is 23.5 Å². The second-order valence-corrected chi connectivity index (χ2v) is 4.42. The minimum absolute atomic E-state index is 0.0499. The van der Waals surface area contributed by atoms with Gasteiger partial charge in [-0.15, -0.1) is 0 Å². The Bertz CT molecular complexity index is 448. The van der Waals surface area contributed by atoms with Gasteiger partial charge in [-0.05, 0) is 25.5 Å². The van der Waals surface area contributed by atoms with Crippen LogP contribution in [0.5, 0.6) is 0 Å². The van der Waals surface area contributed by atoms with Gasteiger partial charge in [-0.2, -0.15) is 0 Å². The van der Waals surface area contributed by atoms with Crippen LogP contribution in [0.3, 0.4) is 0 Å². The highest BCUT2D eigenvalue weighted by Crippen LogP contribution is 2.17. The normalized spacial score (nSPS) is 10.1. The second-order valence-electron chi connectivity index (χ2n) is 4.01. The number of rotatable bonds is 6. The molecule has 0 saturated heterocycles. The molecule has 0 aliphatic rings. The minimum Gasteiger partial charge on any atom is -0.465 e. The molecule has 19 heavy (non-hydrogen) atoms. The third-order valence-electron chi connectivity index (χ3n) is 2.51. The molecular formula is C14H18ClNO3. The molecule has 0 heterocycles. The van der Waals surface area contributed by atoms with Gasteiger partial charge in [-0.25, -0.2) is 0 Å². The van der Waals surface area contributed by atoms with Gasteiger partial charge >= 0.3 is 5.97 Å². The first-order chi connectivity index (χ1) is 9.10. The molecule has 1 aromatic carbocycles. The molecular weight excluding hydrogens is 266 g/mol. The van der Waals surface area contributed by atoms with E-state index < -0.39 is 5.97 Å². The molecule has 0 radical (unpaired) electrons. The smallest absolute Gasteiger partial charge is 0.325 e. The van der Waals surface area contributed by atoms with Gasteiger partial charge in [0.1, 0.15) is 6.54 Å². The molecule has 0 atom stereocenters. The summed E-state index contributed by atoms with van der Waals surface area (Å²) in [5, 5.41) is 0.387. The van der Waals surface area contributed by atoms with E-state index >= 15 is 0 Å². The fraction of sp³-hybridized carbons (Fsp3) is 0.429. The third-order valence-corrected chi connectivity index (χ3v) is 2.84. The third kappa shape index (κ3) is 4.56. The quantitative estimate of drug-likeness (QED) is 0.754. The molecule has 0 bridgehead atoms. The van der Waals surface area contributed by atoms with Crippen LogP contribution in [0, 0.1) is 0 Å². The average molecular weight is 284 g/mol. The molecule has 0 unspecified atom stereocenters. The SMILES string of the molecule is CCCN(CC(=O)OCC)C(=O)c1ccccc1Cl. The minimum atomic E-state index is -0.406. The molecule has 0 spiro atoms. The van der Waals surface area contributed by atoms with E-state index in [0.717, 1.165) is 6.42 Å². The molecule has 1 aromatic rings. The molecule has 0 fully saturated rings. The number of amides is 1. The van der Waals surface area contributed by atoms with Crippen molar-refractivity contribution in [3.8, 4) is 0 Å². The lowest BCUT2D eigenvalue weighted by Gasteiger charge is -2.21. The monoisotopic (exact) mass is 283 g/mol. The number of hydrogen-bond donors (Lipinski definition) is 0. The summed E-state index contributed by atoms with van der Waals surface area (Å²) in [5.74, 6) is -0.656. The number of hydrogen-bond acceptors (Lipinski definition) is 3. The van der Waals surface area contributed by atoms with Gasteiger partial charge in [0, 0.05) is 6.54 Å². The maximum Gasteiger partial charge on any atom is 0.325 e. The van der Waals surface area contributed by atoms with Crippen LogP contribution in [-0.2, 0) is 9.53 Å². The van der Waals surface area contributed by atoms with Crippen LogP contribution < -0.4 is 0 Å². The Morgan fingerprint density at radius 2 is 1.95 bits per heavy atom. The Labute approximate surface area is 118 Å². The van der Waals surface area contributed by atoms with Gasteiger partial charge < -0.3 is 9.64 Å². The van der Waals surface area contributed by atoms with Crippen molar-refractivity contribution in [1.29, 1.82) is 0 Å². The lowest BCUT2D eigenvalue weighted by atomic mass is 10.2. The number of ether oxygens (including phenoxy) is 1. The summed E-state index contributed by atoms with van der Waals surface area (Å²) in [6, 6.07) is 6.81. The number of halogens is 1. The van der Waals surface area contributed by atoms with Crippen molar-refractivity contribution in [3.63, 3.8) is 0 Å². The summed E-state index contributed by atoms with van der Waals surface area (Å²) in [6.07, 6.45) is 0.760. The van der Waals surface area contributed by atoms with E-state index in [0.29, 0.717) is 23.7 Å². The van der Waals surface area contributed by atoms with Gasteiger partial charge in [0.25, 0.3) is 5.91 Å². The van der Waals surface area contributed by atoms with Crippen molar-refractivity contribution in [3.05, 3.63) is 34.9 Å². The standard InChI is InChI=1S/C14H18ClNO3/c1-3-9-16(10-13(17)19-4-2)14(18)11-7-5-6-8-12(11)15/h5-8H,3-4,9-10H2,1-2H3. The summed E-state index contributed by atoms with van der Waals surface area (Å²) in [6.45, 7) is 4.42. The van der Waals surface area contributed by atoms with E-state index in [2.05, 4.69) is 0 Å². The predicted molar refractivity (Wildman–Crippen MR) is 74.3 cm³/mol. The maximum absolute atomic E-state index is 12.3.